The molecule has 3 heteroatoms. The summed E-state index contributed by atoms with van der Waals surface area (Å²) in [7, 11) is 0. The summed E-state index contributed by atoms with van der Waals surface area (Å²) in [6, 6.07) is 62.9. The highest BCUT2D eigenvalue weighted by Crippen LogP contribution is 2.54. The highest BCUT2D eigenvalue weighted by Gasteiger charge is 2.39. The average Bonchev–Trinajstić information content (AvgIpc) is 3.48. The molecular formula is C52H35N3. The lowest BCUT2D eigenvalue weighted by molar-refractivity contribution is 0.662. The minimum atomic E-state index is -0.224. The van der Waals surface area contributed by atoms with Gasteiger partial charge in [-0.05, 0) is 74.5 Å². The number of benzene rings is 7. The molecule has 7 aromatic carbocycles. The molecule has 3 aromatic heterocycles. The third kappa shape index (κ3) is 4.93. The van der Waals surface area contributed by atoms with Crippen LogP contribution in [-0.4, -0.2) is 15.0 Å². The van der Waals surface area contributed by atoms with Crippen LogP contribution in [0.2, 0.25) is 0 Å². The van der Waals surface area contributed by atoms with Crippen LogP contribution in [-0.2, 0) is 5.41 Å². The lowest BCUT2D eigenvalue weighted by Crippen LogP contribution is -2.16. The second-order valence-corrected chi connectivity index (χ2v) is 15.2. The third-order valence-electron chi connectivity index (χ3n) is 11.6. The van der Waals surface area contributed by atoms with Crippen LogP contribution in [0.25, 0.3) is 99.5 Å². The topological polar surface area (TPSA) is 38.7 Å². The average molecular weight is 702 g/mol. The van der Waals surface area contributed by atoms with Gasteiger partial charge in [0, 0.05) is 38.3 Å². The Bertz CT molecular complexity index is 3180. The third-order valence-corrected chi connectivity index (χ3v) is 11.6. The molecule has 0 spiro atoms. The van der Waals surface area contributed by atoms with Gasteiger partial charge in [-0.15, -0.1) is 0 Å². The van der Waals surface area contributed by atoms with E-state index in [9.17, 15) is 0 Å². The molecule has 0 bridgehead atoms. The lowest BCUT2D eigenvalue weighted by atomic mass is 9.77. The predicted octanol–water partition coefficient (Wildman–Crippen LogP) is 13.5. The van der Waals surface area contributed by atoms with E-state index in [0.717, 1.165) is 66.7 Å². The maximum atomic E-state index is 5.40. The van der Waals surface area contributed by atoms with Crippen LogP contribution in [0.4, 0.5) is 0 Å². The van der Waals surface area contributed by atoms with E-state index in [1.807, 2.05) is 6.07 Å². The summed E-state index contributed by atoms with van der Waals surface area (Å²) in [5, 5.41) is 5.81. The second-order valence-electron chi connectivity index (χ2n) is 15.2. The fourth-order valence-electron chi connectivity index (χ4n) is 8.91. The Morgan fingerprint density at radius 2 is 0.982 bits per heavy atom. The first-order valence-corrected chi connectivity index (χ1v) is 18.9. The van der Waals surface area contributed by atoms with E-state index in [4.69, 9.17) is 15.0 Å². The molecule has 258 valence electrons. The fourth-order valence-corrected chi connectivity index (χ4v) is 8.91. The van der Waals surface area contributed by atoms with E-state index in [-0.39, 0.29) is 5.41 Å². The van der Waals surface area contributed by atoms with Crippen LogP contribution < -0.4 is 0 Å². The molecule has 55 heavy (non-hydrogen) atoms. The van der Waals surface area contributed by atoms with Gasteiger partial charge in [0.15, 0.2) is 0 Å². The van der Waals surface area contributed by atoms with Gasteiger partial charge in [0.1, 0.15) is 0 Å². The highest BCUT2D eigenvalue weighted by atomic mass is 14.8. The Hall–Kier alpha value is -6.97. The van der Waals surface area contributed by atoms with Gasteiger partial charge in [0.25, 0.3) is 0 Å². The Kier molecular flexibility index (Phi) is 6.90. The molecule has 0 N–H and O–H groups in total. The molecule has 10 aromatic rings. The molecule has 3 heterocycles. The van der Waals surface area contributed by atoms with Crippen molar-refractivity contribution in [2.75, 3.05) is 0 Å². The lowest BCUT2D eigenvalue weighted by Gasteiger charge is -2.26. The SMILES string of the molecule is CC1(C)c2ccccc2-c2nc3ccc4ccccc4c3c(-c3cccc(-c4cccc(-c5ccc6ccc7ccc(-c8ccccc8)nc7c6n5)c4)c3)c21. The molecule has 0 fully saturated rings. The Morgan fingerprint density at radius 3 is 1.75 bits per heavy atom. The number of nitrogens with zero attached hydrogens (tertiary/aromatic N) is 3. The number of aromatic nitrogens is 3. The smallest absolute Gasteiger partial charge is 0.0972 e. The zero-order valence-corrected chi connectivity index (χ0v) is 30.6. The fraction of sp³-hybridized carbons (Fsp3) is 0.0577. The maximum Gasteiger partial charge on any atom is 0.0972 e. The molecule has 3 nitrogen and oxygen atoms in total. The summed E-state index contributed by atoms with van der Waals surface area (Å²) >= 11 is 0. The summed E-state index contributed by atoms with van der Waals surface area (Å²) in [6.07, 6.45) is 0. The van der Waals surface area contributed by atoms with Crippen LogP contribution in [0.5, 0.6) is 0 Å². The Labute approximate surface area is 319 Å². The summed E-state index contributed by atoms with van der Waals surface area (Å²) in [5.74, 6) is 0. The van der Waals surface area contributed by atoms with Gasteiger partial charge in [-0.1, -0.05) is 159 Å². The molecule has 0 saturated heterocycles. The Morgan fingerprint density at radius 1 is 0.418 bits per heavy atom. The van der Waals surface area contributed by atoms with Gasteiger partial charge in [-0.2, -0.15) is 0 Å². The van der Waals surface area contributed by atoms with Crippen molar-refractivity contribution < 1.29 is 0 Å². The van der Waals surface area contributed by atoms with Gasteiger partial charge in [-0.3, -0.25) is 0 Å². The van der Waals surface area contributed by atoms with Gasteiger partial charge in [-0.25, -0.2) is 15.0 Å². The normalized spacial score (nSPS) is 13.1. The summed E-state index contributed by atoms with van der Waals surface area (Å²) in [4.78, 5) is 15.8. The van der Waals surface area contributed by atoms with E-state index in [2.05, 4.69) is 184 Å². The maximum absolute atomic E-state index is 5.40. The number of hydrogen-bond donors (Lipinski definition) is 0. The second kappa shape index (κ2) is 12.0. The van der Waals surface area contributed by atoms with Crippen molar-refractivity contribution in [2.45, 2.75) is 19.3 Å². The van der Waals surface area contributed by atoms with Crippen molar-refractivity contribution >= 4 is 43.5 Å². The quantitative estimate of drug-likeness (QED) is 0.171. The van der Waals surface area contributed by atoms with Crippen molar-refractivity contribution in [1.82, 2.24) is 15.0 Å². The first-order valence-electron chi connectivity index (χ1n) is 18.9. The zero-order valence-electron chi connectivity index (χ0n) is 30.6. The van der Waals surface area contributed by atoms with Crippen LogP contribution in [0, 0.1) is 0 Å². The Balaban J connectivity index is 1.07. The largest absolute Gasteiger partial charge is 0.247 e. The van der Waals surface area contributed by atoms with Crippen molar-refractivity contribution in [1.29, 1.82) is 0 Å². The van der Waals surface area contributed by atoms with Crippen LogP contribution in [0.3, 0.4) is 0 Å². The molecule has 0 aliphatic heterocycles. The van der Waals surface area contributed by atoms with Gasteiger partial charge >= 0.3 is 0 Å². The molecular weight excluding hydrogens is 667 g/mol. The standard InChI is InChI=1S/C52H35N3/c1-52(2)42-21-9-8-20-41(42)51-48(52)46(47-40-19-7-6-12-32(40)24-29-45(47)55-51)39-18-11-16-37(31-39)36-15-10-17-38(30-36)44-28-26-35-23-22-34-25-27-43(33-13-4-3-5-14-33)53-49(34)50(35)54-44/h3-31H,1-2H3. The highest BCUT2D eigenvalue weighted by molar-refractivity contribution is 6.16. The molecule has 0 saturated carbocycles. The molecule has 0 unspecified atom stereocenters. The van der Waals surface area contributed by atoms with Crippen molar-refractivity contribution in [3.05, 3.63) is 187 Å². The van der Waals surface area contributed by atoms with Crippen molar-refractivity contribution in [2.24, 2.45) is 0 Å². The van der Waals surface area contributed by atoms with Gasteiger partial charge in [0.2, 0.25) is 0 Å². The van der Waals surface area contributed by atoms with E-state index >= 15 is 0 Å². The van der Waals surface area contributed by atoms with E-state index in [0.29, 0.717) is 0 Å². The van der Waals surface area contributed by atoms with E-state index in [1.165, 1.54) is 44.0 Å². The summed E-state index contributed by atoms with van der Waals surface area (Å²) in [5.41, 5.74) is 16.4. The van der Waals surface area contributed by atoms with E-state index in [1.54, 1.807) is 0 Å². The first kappa shape index (κ1) is 31.5. The van der Waals surface area contributed by atoms with Gasteiger partial charge < -0.3 is 0 Å². The number of rotatable bonds is 4. The molecule has 11 rings (SSSR count). The van der Waals surface area contributed by atoms with Crippen molar-refractivity contribution in [3.8, 4) is 56.0 Å². The summed E-state index contributed by atoms with van der Waals surface area (Å²) < 4.78 is 0. The molecule has 0 radical (unpaired) electrons. The number of hydrogen-bond acceptors (Lipinski definition) is 3. The minimum Gasteiger partial charge on any atom is -0.247 e. The van der Waals surface area contributed by atoms with Crippen LogP contribution in [0.15, 0.2) is 176 Å². The zero-order chi connectivity index (χ0) is 36.7. The first-order chi connectivity index (χ1) is 27.0. The predicted molar refractivity (Wildman–Crippen MR) is 229 cm³/mol. The minimum absolute atomic E-state index is 0.224. The number of fused-ring (bicyclic) bond motifs is 9. The number of pyridine rings is 3. The molecule has 0 amide bonds. The molecule has 1 aliphatic rings. The molecule has 0 atom stereocenters. The van der Waals surface area contributed by atoms with Crippen LogP contribution in [0.1, 0.15) is 25.0 Å². The molecule has 1 aliphatic carbocycles. The summed E-state index contributed by atoms with van der Waals surface area (Å²) in [6.45, 7) is 4.70. The monoisotopic (exact) mass is 701 g/mol. The van der Waals surface area contributed by atoms with Gasteiger partial charge in [0.05, 0.1) is 33.6 Å². The van der Waals surface area contributed by atoms with E-state index < -0.39 is 0 Å². The van der Waals surface area contributed by atoms with Crippen LogP contribution >= 0.6 is 0 Å². The van der Waals surface area contributed by atoms with Crippen molar-refractivity contribution in [3.63, 3.8) is 0 Å².